The molecule has 6 nitrogen and oxygen atoms in total. The number of β-amino-alcohol motifs (C(OH)–C–C–N with tert-alkyl or cyclic N) is 1. The highest BCUT2D eigenvalue weighted by Gasteiger charge is 2.40. The minimum atomic E-state index is -1.12. The first-order valence-corrected chi connectivity index (χ1v) is 6.02. The van der Waals surface area contributed by atoms with Gasteiger partial charge >= 0.3 is 5.97 Å². The number of nitrogens with zero attached hydrogens (tertiary/aromatic N) is 1. The number of carbonyl (C=O) groups is 2. The number of likely N-dealkylation sites (tertiary alicyclic amines) is 1. The molecule has 0 radical (unpaired) electrons. The number of rotatable bonds is 3. The van der Waals surface area contributed by atoms with Crippen LogP contribution >= 0.6 is 0 Å². The van der Waals surface area contributed by atoms with Gasteiger partial charge < -0.3 is 20.8 Å². The Balaban J connectivity index is 2.17. The summed E-state index contributed by atoms with van der Waals surface area (Å²) < 4.78 is 0. The molecule has 6 heteroatoms. The number of carboxylic acids is 1. The van der Waals surface area contributed by atoms with Crippen LogP contribution in [0.1, 0.15) is 18.0 Å². The molecule has 0 bridgehead atoms. The van der Waals surface area contributed by atoms with Crippen LogP contribution in [-0.4, -0.2) is 45.7 Å². The molecule has 1 heterocycles. The molecule has 1 amide bonds. The lowest BCUT2D eigenvalue weighted by Crippen LogP contribution is -2.45. The van der Waals surface area contributed by atoms with Gasteiger partial charge in [0.25, 0.3) is 0 Å². The lowest BCUT2D eigenvalue weighted by molar-refractivity contribution is -0.148. The fraction of sp³-hybridized carbons (Fsp3) is 0.385. The van der Waals surface area contributed by atoms with E-state index in [1.165, 1.54) is 0 Å². The third-order valence-corrected chi connectivity index (χ3v) is 3.27. The fourth-order valence-electron chi connectivity index (χ4n) is 2.27. The molecule has 1 aromatic rings. The number of hydrogen-bond acceptors (Lipinski definition) is 4. The zero-order valence-electron chi connectivity index (χ0n) is 10.3. The van der Waals surface area contributed by atoms with Crippen molar-refractivity contribution in [3.8, 4) is 0 Å². The number of carboxylic acid groups (broad SMARTS) is 1. The molecule has 1 aliphatic rings. The maximum absolute atomic E-state index is 12.2. The second-order valence-corrected chi connectivity index (χ2v) is 4.62. The molecule has 1 fully saturated rings. The summed E-state index contributed by atoms with van der Waals surface area (Å²) in [7, 11) is 0. The topological polar surface area (TPSA) is 104 Å². The smallest absolute Gasteiger partial charge is 0.326 e. The average Bonchev–Trinajstić information content (AvgIpc) is 2.80. The number of aliphatic hydroxyl groups excluding tert-OH is 1. The minimum absolute atomic E-state index is 0.0103. The maximum Gasteiger partial charge on any atom is 0.326 e. The zero-order chi connectivity index (χ0) is 14.0. The Hall–Kier alpha value is -1.92. The molecule has 2 rings (SSSR count). The number of aliphatic carboxylic acids is 1. The number of aliphatic hydroxyl groups is 1. The van der Waals surface area contributed by atoms with Gasteiger partial charge in [-0.15, -0.1) is 0 Å². The molecule has 19 heavy (non-hydrogen) atoms. The van der Waals surface area contributed by atoms with Gasteiger partial charge in [0, 0.05) is 13.0 Å². The predicted octanol–water partition coefficient (Wildman–Crippen LogP) is -0.267. The minimum Gasteiger partial charge on any atom is -0.480 e. The molecule has 0 saturated carbocycles. The van der Waals surface area contributed by atoms with E-state index in [-0.39, 0.29) is 13.0 Å². The van der Waals surface area contributed by atoms with Crippen LogP contribution in [0.4, 0.5) is 0 Å². The van der Waals surface area contributed by atoms with E-state index in [1.807, 2.05) is 0 Å². The predicted molar refractivity (Wildman–Crippen MR) is 67.1 cm³/mol. The van der Waals surface area contributed by atoms with Gasteiger partial charge in [0.2, 0.25) is 5.91 Å². The summed E-state index contributed by atoms with van der Waals surface area (Å²) in [6, 6.07) is 6.84. The molecule has 3 unspecified atom stereocenters. The monoisotopic (exact) mass is 264 g/mol. The zero-order valence-corrected chi connectivity index (χ0v) is 10.3. The van der Waals surface area contributed by atoms with Crippen LogP contribution in [0.2, 0.25) is 0 Å². The Kier molecular flexibility index (Phi) is 3.82. The van der Waals surface area contributed by atoms with Crippen LogP contribution in [0.25, 0.3) is 0 Å². The highest BCUT2D eigenvalue weighted by Crippen LogP contribution is 2.22. The van der Waals surface area contributed by atoms with E-state index in [2.05, 4.69) is 0 Å². The number of hydrogen-bond donors (Lipinski definition) is 3. The van der Waals surface area contributed by atoms with Crippen LogP contribution in [0.5, 0.6) is 0 Å². The van der Waals surface area contributed by atoms with E-state index in [9.17, 15) is 14.7 Å². The molecule has 0 aliphatic carbocycles. The van der Waals surface area contributed by atoms with E-state index < -0.39 is 30.1 Å². The van der Waals surface area contributed by atoms with E-state index in [4.69, 9.17) is 10.8 Å². The normalized spacial score (nSPS) is 24.2. The van der Waals surface area contributed by atoms with Crippen LogP contribution in [0.15, 0.2) is 30.3 Å². The SMILES string of the molecule is NC(C(=O)N1CC(O)CC1C(=O)O)c1ccccc1. The second kappa shape index (κ2) is 5.38. The largest absolute Gasteiger partial charge is 0.480 e. The van der Waals surface area contributed by atoms with Crippen molar-refractivity contribution in [3.05, 3.63) is 35.9 Å². The summed E-state index contributed by atoms with van der Waals surface area (Å²) in [6.45, 7) is 0.0103. The van der Waals surface area contributed by atoms with Gasteiger partial charge in [0.1, 0.15) is 12.1 Å². The van der Waals surface area contributed by atoms with Gasteiger partial charge in [-0.05, 0) is 5.56 Å². The molecular weight excluding hydrogens is 248 g/mol. The molecule has 0 spiro atoms. The first kappa shape index (κ1) is 13.5. The van der Waals surface area contributed by atoms with Crippen molar-refractivity contribution < 1.29 is 19.8 Å². The van der Waals surface area contributed by atoms with E-state index in [0.29, 0.717) is 5.56 Å². The Morgan fingerprint density at radius 1 is 1.32 bits per heavy atom. The average molecular weight is 264 g/mol. The van der Waals surface area contributed by atoms with Gasteiger partial charge in [-0.2, -0.15) is 0 Å². The molecular formula is C13H16N2O4. The third kappa shape index (κ3) is 2.74. The first-order valence-electron chi connectivity index (χ1n) is 6.02. The van der Waals surface area contributed by atoms with Crippen molar-refractivity contribution in [1.82, 2.24) is 4.90 Å². The quantitative estimate of drug-likeness (QED) is 0.697. The molecule has 1 aromatic carbocycles. The van der Waals surface area contributed by atoms with E-state index in [1.54, 1.807) is 30.3 Å². The van der Waals surface area contributed by atoms with E-state index >= 15 is 0 Å². The second-order valence-electron chi connectivity index (χ2n) is 4.62. The van der Waals surface area contributed by atoms with Crippen molar-refractivity contribution in [2.24, 2.45) is 5.73 Å². The van der Waals surface area contributed by atoms with Crippen LogP contribution < -0.4 is 5.73 Å². The van der Waals surface area contributed by atoms with Crippen LogP contribution in [0, 0.1) is 0 Å². The van der Waals surface area contributed by atoms with Crippen LogP contribution in [0.3, 0.4) is 0 Å². The number of benzene rings is 1. The summed E-state index contributed by atoms with van der Waals surface area (Å²) in [5.41, 5.74) is 6.48. The Morgan fingerprint density at radius 2 is 1.95 bits per heavy atom. The molecule has 1 saturated heterocycles. The highest BCUT2D eigenvalue weighted by molar-refractivity contribution is 5.88. The van der Waals surface area contributed by atoms with Gasteiger partial charge in [0.05, 0.1) is 6.10 Å². The Bertz CT molecular complexity index is 477. The summed E-state index contributed by atoms with van der Waals surface area (Å²) in [5.74, 6) is -1.60. The van der Waals surface area contributed by atoms with Gasteiger partial charge in [-0.25, -0.2) is 4.79 Å². The molecule has 0 aromatic heterocycles. The van der Waals surface area contributed by atoms with Crippen molar-refractivity contribution in [1.29, 1.82) is 0 Å². The fourth-order valence-corrected chi connectivity index (χ4v) is 2.27. The Labute approximate surface area is 110 Å². The van der Waals surface area contributed by atoms with Crippen molar-refractivity contribution in [2.75, 3.05) is 6.54 Å². The molecule has 1 aliphatic heterocycles. The standard InChI is InChI=1S/C13H16N2O4/c14-11(8-4-2-1-3-5-8)12(17)15-7-9(16)6-10(15)13(18)19/h1-5,9-11,16H,6-7,14H2,(H,18,19). The summed E-state index contributed by atoms with van der Waals surface area (Å²) in [6.07, 6.45) is -0.768. The highest BCUT2D eigenvalue weighted by atomic mass is 16.4. The number of carbonyl (C=O) groups excluding carboxylic acids is 1. The van der Waals surface area contributed by atoms with Crippen molar-refractivity contribution in [2.45, 2.75) is 24.6 Å². The van der Waals surface area contributed by atoms with Crippen LogP contribution in [-0.2, 0) is 9.59 Å². The third-order valence-electron chi connectivity index (χ3n) is 3.27. The van der Waals surface area contributed by atoms with Gasteiger partial charge in [-0.1, -0.05) is 30.3 Å². The lowest BCUT2D eigenvalue weighted by Gasteiger charge is -2.24. The molecule has 3 atom stereocenters. The maximum atomic E-state index is 12.2. The molecule has 102 valence electrons. The molecule has 4 N–H and O–H groups in total. The summed E-state index contributed by atoms with van der Waals surface area (Å²) >= 11 is 0. The van der Waals surface area contributed by atoms with Crippen molar-refractivity contribution in [3.63, 3.8) is 0 Å². The first-order chi connectivity index (χ1) is 9.00. The summed E-state index contributed by atoms with van der Waals surface area (Å²) in [5, 5.41) is 18.6. The Morgan fingerprint density at radius 3 is 2.53 bits per heavy atom. The lowest BCUT2D eigenvalue weighted by atomic mass is 10.1. The van der Waals surface area contributed by atoms with Gasteiger partial charge in [0.15, 0.2) is 0 Å². The number of amides is 1. The van der Waals surface area contributed by atoms with Crippen molar-refractivity contribution >= 4 is 11.9 Å². The van der Waals surface area contributed by atoms with Gasteiger partial charge in [-0.3, -0.25) is 4.79 Å². The van der Waals surface area contributed by atoms with E-state index in [0.717, 1.165) is 4.90 Å². The number of nitrogens with two attached hydrogens (primary N) is 1. The summed E-state index contributed by atoms with van der Waals surface area (Å²) in [4.78, 5) is 24.5.